The van der Waals surface area contributed by atoms with Gasteiger partial charge in [0, 0.05) is 25.4 Å². The highest BCUT2D eigenvalue weighted by Gasteiger charge is 2.17. The molecule has 0 aliphatic carbocycles. The third-order valence-electron chi connectivity index (χ3n) is 4.85. The fourth-order valence-electron chi connectivity index (χ4n) is 3.30. The van der Waals surface area contributed by atoms with Crippen molar-refractivity contribution in [3.05, 3.63) is 63.2 Å². The van der Waals surface area contributed by atoms with Crippen LogP contribution in [0.15, 0.2) is 35.3 Å². The van der Waals surface area contributed by atoms with Crippen molar-refractivity contribution in [2.75, 3.05) is 13.2 Å². The maximum absolute atomic E-state index is 13.3. The van der Waals surface area contributed by atoms with Gasteiger partial charge in [0.15, 0.2) is 0 Å². The van der Waals surface area contributed by atoms with Crippen molar-refractivity contribution in [3.8, 4) is 5.75 Å². The van der Waals surface area contributed by atoms with Crippen LogP contribution in [0.5, 0.6) is 5.75 Å². The molecule has 0 spiro atoms. The lowest BCUT2D eigenvalue weighted by molar-refractivity contribution is -0.123. The van der Waals surface area contributed by atoms with E-state index in [0.717, 1.165) is 12.8 Å². The smallest absolute Gasteiger partial charge is 0.258 e. The van der Waals surface area contributed by atoms with E-state index in [1.165, 1.54) is 24.4 Å². The Balaban J connectivity index is 1.43. The predicted octanol–water partition coefficient (Wildman–Crippen LogP) is 2.03. The Morgan fingerprint density at radius 3 is 3.03 bits per heavy atom. The predicted molar refractivity (Wildman–Crippen MR) is 115 cm³/mol. The number of pyridine rings is 1. The van der Waals surface area contributed by atoms with Crippen LogP contribution in [-0.2, 0) is 22.7 Å². The number of fused-ring (bicyclic) bond motifs is 1. The number of benzene rings is 1. The van der Waals surface area contributed by atoms with Gasteiger partial charge in [0.25, 0.3) is 5.56 Å². The maximum atomic E-state index is 13.3. The van der Waals surface area contributed by atoms with Crippen LogP contribution in [0, 0.1) is 5.82 Å². The molecule has 1 atom stereocenters. The van der Waals surface area contributed by atoms with Gasteiger partial charge in [-0.3, -0.25) is 14.6 Å². The number of halogens is 2. The average molecular weight is 462 g/mol. The van der Waals surface area contributed by atoms with Gasteiger partial charge in [-0.2, -0.15) is 0 Å². The van der Waals surface area contributed by atoms with Crippen molar-refractivity contribution in [2.45, 2.75) is 32.2 Å². The van der Waals surface area contributed by atoms with Gasteiger partial charge in [-0.25, -0.2) is 9.37 Å². The van der Waals surface area contributed by atoms with E-state index in [1.54, 1.807) is 6.07 Å². The molecule has 1 aliphatic heterocycles. The Morgan fingerprint density at radius 2 is 2.25 bits per heavy atom. The molecule has 1 saturated heterocycles. The van der Waals surface area contributed by atoms with Gasteiger partial charge in [-0.1, -0.05) is 11.6 Å². The number of ether oxygens (including phenoxy) is 2. The van der Waals surface area contributed by atoms with Gasteiger partial charge in [0.1, 0.15) is 35.7 Å². The zero-order chi connectivity index (χ0) is 22.5. The summed E-state index contributed by atoms with van der Waals surface area (Å²) in [7, 11) is 0. The van der Waals surface area contributed by atoms with Gasteiger partial charge in [0.2, 0.25) is 5.91 Å². The summed E-state index contributed by atoms with van der Waals surface area (Å²) in [6.07, 6.45) is 3.01. The standard InChI is InChI=1S/C21H21ClFN5O4/c22-14-8-12(3-4-15(14)23)32-11-17-26-20-13(21(30)27-17)5-6-25-16(20)9-24-10-18(29)28-19-2-1-7-31-19/h3-6,8,19,24H,1-2,7,9-11H2,(H,28,29)(H,26,27,30). The van der Waals surface area contributed by atoms with E-state index < -0.39 is 5.82 Å². The topological polar surface area (TPSA) is 118 Å². The van der Waals surface area contributed by atoms with E-state index in [0.29, 0.717) is 29.0 Å². The number of carbonyl (C=O) groups excluding carboxylic acids is 1. The molecule has 1 aliphatic rings. The lowest BCUT2D eigenvalue weighted by Gasteiger charge is -2.12. The van der Waals surface area contributed by atoms with E-state index in [9.17, 15) is 14.0 Å². The van der Waals surface area contributed by atoms with Crippen LogP contribution in [0.2, 0.25) is 5.02 Å². The number of rotatable bonds is 8. The molecule has 168 valence electrons. The molecule has 1 amide bonds. The van der Waals surface area contributed by atoms with Crippen molar-refractivity contribution in [1.82, 2.24) is 25.6 Å². The average Bonchev–Trinajstić information content (AvgIpc) is 3.28. The molecule has 3 heterocycles. The monoisotopic (exact) mass is 461 g/mol. The molecule has 3 aromatic rings. The normalized spacial score (nSPS) is 15.8. The molecule has 0 saturated carbocycles. The quantitative estimate of drug-likeness (QED) is 0.469. The number of hydrogen-bond acceptors (Lipinski definition) is 7. The number of carbonyl (C=O) groups is 1. The van der Waals surface area contributed by atoms with E-state index in [1.807, 2.05) is 0 Å². The Kier molecular flexibility index (Phi) is 6.93. The summed E-state index contributed by atoms with van der Waals surface area (Å²) in [6, 6.07) is 5.53. The molecule has 1 fully saturated rings. The first-order valence-electron chi connectivity index (χ1n) is 10.1. The third kappa shape index (κ3) is 5.39. The van der Waals surface area contributed by atoms with Crippen LogP contribution in [0.25, 0.3) is 10.9 Å². The Labute approximate surface area is 187 Å². The molecule has 9 nitrogen and oxygen atoms in total. The van der Waals surface area contributed by atoms with Crippen molar-refractivity contribution >= 4 is 28.4 Å². The second-order valence-corrected chi connectivity index (χ2v) is 7.61. The summed E-state index contributed by atoms with van der Waals surface area (Å²) in [5.74, 6) is -0.128. The van der Waals surface area contributed by atoms with E-state index in [-0.39, 0.29) is 48.2 Å². The zero-order valence-electron chi connectivity index (χ0n) is 17.0. The minimum Gasteiger partial charge on any atom is -0.486 e. The fourth-order valence-corrected chi connectivity index (χ4v) is 3.47. The Morgan fingerprint density at radius 1 is 1.38 bits per heavy atom. The van der Waals surface area contributed by atoms with Crippen molar-refractivity contribution in [2.24, 2.45) is 0 Å². The van der Waals surface area contributed by atoms with Crippen LogP contribution in [0.1, 0.15) is 24.4 Å². The number of H-pyrrole nitrogens is 1. The molecule has 3 N–H and O–H groups in total. The van der Waals surface area contributed by atoms with Gasteiger partial charge in [-0.05, 0) is 31.0 Å². The number of hydrogen-bond donors (Lipinski definition) is 3. The summed E-state index contributed by atoms with van der Waals surface area (Å²) in [5, 5.41) is 6.11. The van der Waals surface area contributed by atoms with Crippen molar-refractivity contribution < 1.29 is 18.7 Å². The van der Waals surface area contributed by atoms with E-state index in [4.69, 9.17) is 21.1 Å². The Hall–Kier alpha value is -3.08. The largest absolute Gasteiger partial charge is 0.486 e. The molecule has 1 unspecified atom stereocenters. The first-order valence-corrected chi connectivity index (χ1v) is 10.4. The molecule has 0 radical (unpaired) electrons. The summed E-state index contributed by atoms with van der Waals surface area (Å²) in [4.78, 5) is 35.9. The van der Waals surface area contributed by atoms with E-state index in [2.05, 4.69) is 25.6 Å². The molecule has 32 heavy (non-hydrogen) atoms. The number of nitrogens with one attached hydrogen (secondary N) is 3. The Bertz CT molecular complexity index is 1180. The zero-order valence-corrected chi connectivity index (χ0v) is 17.7. The van der Waals surface area contributed by atoms with Crippen molar-refractivity contribution in [3.63, 3.8) is 0 Å². The maximum Gasteiger partial charge on any atom is 0.258 e. The number of nitrogens with zero attached hydrogens (tertiary/aromatic N) is 2. The fraction of sp³-hybridized carbons (Fsp3) is 0.333. The molecule has 2 aromatic heterocycles. The highest BCUT2D eigenvalue weighted by atomic mass is 35.5. The summed E-state index contributed by atoms with van der Waals surface area (Å²) >= 11 is 5.76. The minimum atomic E-state index is -0.552. The lowest BCUT2D eigenvalue weighted by Crippen LogP contribution is -2.40. The van der Waals surface area contributed by atoms with Crippen LogP contribution < -0.4 is 20.9 Å². The van der Waals surface area contributed by atoms with Crippen LogP contribution in [0.4, 0.5) is 4.39 Å². The van der Waals surface area contributed by atoms with Gasteiger partial charge < -0.3 is 25.1 Å². The van der Waals surface area contributed by atoms with Gasteiger partial charge in [-0.15, -0.1) is 0 Å². The molecular weight excluding hydrogens is 441 g/mol. The minimum absolute atomic E-state index is 0.0568. The molecule has 11 heteroatoms. The number of amides is 1. The van der Waals surface area contributed by atoms with Gasteiger partial charge >= 0.3 is 0 Å². The highest BCUT2D eigenvalue weighted by Crippen LogP contribution is 2.21. The van der Waals surface area contributed by atoms with Gasteiger partial charge in [0.05, 0.1) is 22.6 Å². The first-order chi connectivity index (χ1) is 15.5. The van der Waals surface area contributed by atoms with Crippen LogP contribution >= 0.6 is 11.6 Å². The molecular formula is C21H21ClFN5O4. The summed E-state index contributed by atoms with van der Waals surface area (Å²) < 4.78 is 24.2. The second kappa shape index (κ2) is 10.0. The SMILES string of the molecule is O=C(CNCc1nccc2c(=O)[nH]c(COc3ccc(F)c(Cl)c3)nc12)NC1CCCO1. The number of aromatic nitrogens is 3. The first kappa shape index (κ1) is 22.1. The van der Waals surface area contributed by atoms with E-state index >= 15 is 0 Å². The van der Waals surface area contributed by atoms with Crippen LogP contribution in [0.3, 0.4) is 0 Å². The summed E-state index contributed by atoms with van der Waals surface area (Å²) in [6.45, 7) is 0.903. The summed E-state index contributed by atoms with van der Waals surface area (Å²) in [5.41, 5.74) is 0.578. The third-order valence-corrected chi connectivity index (χ3v) is 5.14. The van der Waals surface area contributed by atoms with Crippen LogP contribution in [-0.4, -0.2) is 40.2 Å². The molecule has 4 rings (SSSR count). The lowest BCUT2D eigenvalue weighted by atomic mass is 10.2. The molecule has 0 bridgehead atoms. The molecule has 1 aromatic carbocycles. The van der Waals surface area contributed by atoms with Crippen molar-refractivity contribution in [1.29, 1.82) is 0 Å². The second-order valence-electron chi connectivity index (χ2n) is 7.20. The highest BCUT2D eigenvalue weighted by molar-refractivity contribution is 6.30. The number of aromatic amines is 1.